The molecule has 0 aromatic carbocycles. The van der Waals surface area contributed by atoms with Crippen LogP contribution in [0.25, 0.3) is 0 Å². The van der Waals surface area contributed by atoms with E-state index >= 15 is 0 Å². The molecule has 57 valence electrons. The Balaban J connectivity index is 1.40. The number of hydrogen-bond acceptors (Lipinski definition) is 0. The van der Waals surface area contributed by atoms with E-state index in [0.717, 1.165) is 18.5 Å². The maximum Gasteiger partial charge on any atom is 0.0247 e. The largest absolute Gasteiger partial charge is 0.238 e. The Morgan fingerprint density at radius 1 is 1.10 bits per heavy atom. The van der Waals surface area contributed by atoms with Gasteiger partial charge in [-0.15, -0.1) is 0 Å². The molecule has 0 bridgehead atoms. The zero-order chi connectivity index (χ0) is 6.81. The van der Waals surface area contributed by atoms with Gasteiger partial charge in [0, 0.05) is 12.6 Å². The minimum absolute atomic E-state index is 0.791. The van der Waals surface area contributed by atoms with Crippen molar-refractivity contribution in [2.45, 2.75) is 44.6 Å². The summed E-state index contributed by atoms with van der Waals surface area (Å²) in [7, 11) is 0. The van der Waals surface area contributed by atoms with Crippen molar-refractivity contribution in [1.29, 1.82) is 0 Å². The average molecular weight is 138 g/mol. The van der Waals surface area contributed by atoms with Crippen molar-refractivity contribution in [3.8, 4) is 0 Å². The van der Waals surface area contributed by atoms with Gasteiger partial charge < -0.3 is 0 Å². The van der Waals surface area contributed by atoms with Gasteiger partial charge in [-0.05, 0) is 31.6 Å². The smallest absolute Gasteiger partial charge is 0.0247 e. The van der Waals surface area contributed by atoms with Gasteiger partial charge in [-0.2, -0.15) is 0 Å². The average Bonchev–Trinajstić information content (AvgIpc) is 2.77. The maximum absolute atomic E-state index is 4.54. The van der Waals surface area contributed by atoms with Gasteiger partial charge in [0.05, 0.1) is 0 Å². The van der Waals surface area contributed by atoms with Gasteiger partial charge in [0.1, 0.15) is 0 Å². The SMILES string of the molecule is C(C[N]C1CC1)CC1CC1. The normalized spacial score (nSPS) is 25.2. The monoisotopic (exact) mass is 138 g/mol. The van der Waals surface area contributed by atoms with Gasteiger partial charge in [-0.1, -0.05) is 12.8 Å². The first-order valence-electron chi connectivity index (χ1n) is 4.62. The number of rotatable bonds is 5. The van der Waals surface area contributed by atoms with Crippen molar-refractivity contribution >= 4 is 0 Å². The Morgan fingerprint density at radius 2 is 1.90 bits per heavy atom. The molecule has 0 aromatic heterocycles. The van der Waals surface area contributed by atoms with E-state index in [2.05, 4.69) is 5.32 Å². The van der Waals surface area contributed by atoms with Crippen LogP contribution in [-0.2, 0) is 0 Å². The molecule has 0 aliphatic heterocycles. The third-order valence-electron chi connectivity index (χ3n) is 2.40. The number of hydrogen-bond donors (Lipinski definition) is 0. The van der Waals surface area contributed by atoms with Crippen LogP contribution in [0, 0.1) is 5.92 Å². The van der Waals surface area contributed by atoms with Crippen LogP contribution < -0.4 is 5.32 Å². The van der Waals surface area contributed by atoms with Gasteiger partial charge in [0.2, 0.25) is 0 Å². The van der Waals surface area contributed by atoms with Crippen LogP contribution >= 0.6 is 0 Å². The molecule has 0 N–H and O–H groups in total. The van der Waals surface area contributed by atoms with Crippen molar-refractivity contribution in [3.05, 3.63) is 0 Å². The fourth-order valence-electron chi connectivity index (χ4n) is 1.32. The molecule has 0 heterocycles. The van der Waals surface area contributed by atoms with E-state index in [1.807, 2.05) is 0 Å². The van der Waals surface area contributed by atoms with E-state index in [4.69, 9.17) is 0 Å². The van der Waals surface area contributed by atoms with E-state index in [1.54, 1.807) is 0 Å². The van der Waals surface area contributed by atoms with Crippen molar-refractivity contribution in [2.75, 3.05) is 6.54 Å². The topological polar surface area (TPSA) is 14.1 Å². The Hall–Kier alpha value is -0.0400. The summed E-state index contributed by atoms with van der Waals surface area (Å²) in [6.07, 6.45) is 8.58. The zero-order valence-electron chi connectivity index (χ0n) is 6.55. The van der Waals surface area contributed by atoms with Gasteiger partial charge >= 0.3 is 0 Å². The molecule has 1 nitrogen and oxygen atoms in total. The van der Waals surface area contributed by atoms with Crippen LogP contribution in [0.1, 0.15) is 38.5 Å². The second-order valence-corrected chi connectivity index (χ2v) is 3.72. The van der Waals surface area contributed by atoms with Gasteiger partial charge in [-0.3, -0.25) is 0 Å². The molecule has 10 heavy (non-hydrogen) atoms. The minimum Gasteiger partial charge on any atom is -0.238 e. The quantitative estimate of drug-likeness (QED) is 0.515. The molecule has 2 saturated carbocycles. The summed E-state index contributed by atoms with van der Waals surface area (Å²) in [5, 5.41) is 4.54. The highest BCUT2D eigenvalue weighted by Gasteiger charge is 2.23. The predicted octanol–water partition coefficient (Wildman–Crippen LogP) is 1.94. The second kappa shape index (κ2) is 2.91. The molecule has 0 saturated heterocycles. The Bertz CT molecular complexity index is 89.3. The Morgan fingerprint density at radius 3 is 2.50 bits per heavy atom. The van der Waals surface area contributed by atoms with Crippen molar-refractivity contribution in [1.82, 2.24) is 5.32 Å². The molecule has 1 radical (unpaired) electrons. The first kappa shape index (κ1) is 6.66. The van der Waals surface area contributed by atoms with Crippen LogP contribution in [-0.4, -0.2) is 12.6 Å². The van der Waals surface area contributed by atoms with Crippen LogP contribution in [0.15, 0.2) is 0 Å². The highest BCUT2D eigenvalue weighted by molar-refractivity contribution is 4.80. The summed E-state index contributed by atoms with van der Waals surface area (Å²) < 4.78 is 0. The first-order chi connectivity index (χ1) is 4.95. The third-order valence-corrected chi connectivity index (χ3v) is 2.40. The Kier molecular flexibility index (Phi) is 1.94. The molecular formula is C9H16N. The molecule has 2 rings (SSSR count). The molecule has 0 aromatic rings. The molecule has 0 atom stereocenters. The lowest BCUT2D eigenvalue weighted by Crippen LogP contribution is -2.08. The van der Waals surface area contributed by atoms with Gasteiger partial charge in [0.25, 0.3) is 0 Å². The molecule has 1 heteroatoms. The molecule has 0 spiro atoms. The highest BCUT2D eigenvalue weighted by atomic mass is 14.9. The van der Waals surface area contributed by atoms with Crippen LogP contribution in [0.2, 0.25) is 0 Å². The van der Waals surface area contributed by atoms with Crippen molar-refractivity contribution < 1.29 is 0 Å². The summed E-state index contributed by atoms with van der Waals surface area (Å²) in [6, 6.07) is 0.791. The Labute approximate surface area is 63.2 Å². The lowest BCUT2D eigenvalue weighted by atomic mass is 10.2. The van der Waals surface area contributed by atoms with Crippen molar-refractivity contribution in [2.24, 2.45) is 5.92 Å². The summed E-state index contributed by atoms with van der Waals surface area (Å²) in [4.78, 5) is 0. The lowest BCUT2D eigenvalue weighted by Gasteiger charge is -1.97. The van der Waals surface area contributed by atoms with Gasteiger partial charge in [-0.25, -0.2) is 5.32 Å². The van der Waals surface area contributed by atoms with E-state index in [-0.39, 0.29) is 0 Å². The molecular weight excluding hydrogens is 122 g/mol. The summed E-state index contributed by atoms with van der Waals surface area (Å²) in [5.41, 5.74) is 0. The zero-order valence-corrected chi connectivity index (χ0v) is 6.55. The first-order valence-corrected chi connectivity index (χ1v) is 4.62. The molecule has 2 aliphatic rings. The number of nitrogens with zero attached hydrogens (tertiary/aromatic N) is 1. The van der Waals surface area contributed by atoms with E-state index < -0.39 is 0 Å². The summed E-state index contributed by atoms with van der Waals surface area (Å²) >= 11 is 0. The molecule has 0 amide bonds. The van der Waals surface area contributed by atoms with Crippen molar-refractivity contribution in [3.63, 3.8) is 0 Å². The van der Waals surface area contributed by atoms with E-state index in [0.29, 0.717) is 0 Å². The predicted molar refractivity (Wildman–Crippen MR) is 42.0 cm³/mol. The van der Waals surface area contributed by atoms with E-state index in [9.17, 15) is 0 Å². The molecule has 2 aliphatic carbocycles. The van der Waals surface area contributed by atoms with Crippen LogP contribution in [0.5, 0.6) is 0 Å². The molecule has 2 fully saturated rings. The lowest BCUT2D eigenvalue weighted by molar-refractivity contribution is 0.583. The third kappa shape index (κ3) is 2.30. The summed E-state index contributed by atoms with van der Waals surface area (Å²) in [5.74, 6) is 1.11. The summed E-state index contributed by atoms with van der Waals surface area (Å²) in [6.45, 7) is 1.15. The minimum atomic E-state index is 0.791. The van der Waals surface area contributed by atoms with E-state index in [1.165, 1.54) is 38.5 Å². The molecule has 0 unspecified atom stereocenters. The fraction of sp³-hybridized carbons (Fsp3) is 1.00. The maximum atomic E-state index is 4.54. The highest BCUT2D eigenvalue weighted by Crippen LogP contribution is 2.33. The standard InChI is InChI=1S/C9H16N/c1(2-8-3-4-8)7-10-9-5-6-9/h8-9H,1-7H2. The second-order valence-electron chi connectivity index (χ2n) is 3.72. The van der Waals surface area contributed by atoms with Crippen LogP contribution in [0.3, 0.4) is 0 Å². The fourth-order valence-corrected chi connectivity index (χ4v) is 1.32. The van der Waals surface area contributed by atoms with Gasteiger partial charge in [0.15, 0.2) is 0 Å². The van der Waals surface area contributed by atoms with Crippen LogP contribution in [0.4, 0.5) is 0 Å².